The quantitative estimate of drug-likeness (QED) is 0.668. The lowest BCUT2D eigenvalue weighted by atomic mass is 9.90. The SMILES string of the molecule is Cc1ccc(C[C@@H](NC(=O)C(c2ccccc2)c2ccccc2)C(N)=O)cc1. The largest absolute Gasteiger partial charge is 0.368 e. The Labute approximate surface area is 165 Å². The van der Waals surface area contributed by atoms with E-state index >= 15 is 0 Å². The summed E-state index contributed by atoms with van der Waals surface area (Å²) in [4.78, 5) is 25.2. The van der Waals surface area contributed by atoms with Crippen molar-refractivity contribution in [3.63, 3.8) is 0 Å². The molecule has 4 nitrogen and oxygen atoms in total. The minimum absolute atomic E-state index is 0.242. The molecule has 0 unspecified atom stereocenters. The maximum atomic E-state index is 13.2. The van der Waals surface area contributed by atoms with Crippen LogP contribution in [-0.2, 0) is 16.0 Å². The number of amides is 2. The third-order valence-corrected chi connectivity index (χ3v) is 4.75. The van der Waals surface area contributed by atoms with E-state index in [0.29, 0.717) is 6.42 Å². The molecule has 3 N–H and O–H groups in total. The Morgan fingerprint density at radius 3 is 1.79 bits per heavy atom. The van der Waals surface area contributed by atoms with Crippen LogP contribution in [0.1, 0.15) is 28.2 Å². The lowest BCUT2D eigenvalue weighted by Crippen LogP contribution is -2.47. The lowest BCUT2D eigenvalue weighted by Gasteiger charge is -2.22. The lowest BCUT2D eigenvalue weighted by molar-refractivity contribution is -0.127. The average molecular weight is 372 g/mol. The molecule has 0 spiro atoms. The monoisotopic (exact) mass is 372 g/mol. The summed E-state index contributed by atoms with van der Waals surface area (Å²) >= 11 is 0. The molecule has 4 heteroatoms. The maximum Gasteiger partial charge on any atom is 0.240 e. The van der Waals surface area contributed by atoms with Crippen molar-refractivity contribution >= 4 is 11.8 Å². The number of rotatable bonds is 7. The van der Waals surface area contributed by atoms with E-state index in [1.54, 1.807) is 0 Å². The van der Waals surface area contributed by atoms with Gasteiger partial charge in [-0.15, -0.1) is 0 Å². The Morgan fingerprint density at radius 1 is 0.821 bits per heavy atom. The van der Waals surface area contributed by atoms with E-state index in [2.05, 4.69) is 5.32 Å². The number of hydrogen-bond acceptors (Lipinski definition) is 2. The fourth-order valence-electron chi connectivity index (χ4n) is 3.22. The van der Waals surface area contributed by atoms with Gasteiger partial charge in [0.05, 0.1) is 5.92 Å². The summed E-state index contributed by atoms with van der Waals surface area (Å²) in [6.07, 6.45) is 0.359. The van der Waals surface area contributed by atoms with Gasteiger partial charge in [0, 0.05) is 6.42 Å². The second-order valence-corrected chi connectivity index (χ2v) is 6.91. The first kappa shape index (κ1) is 19.4. The number of carbonyl (C=O) groups excluding carboxylic acids is 2. The Balaban J connectivity index is 1.85. The molecule has 3 aromatic carbocycles. The molecule has 0 aliphatic carbocycles. The highest BCUT2D eigenvalue weighted by atomic mass is 16.2. The zero-order chi connectivity index (χ0) is 19.9. The molecule has 1 atom stereocenters. The van der Waals surface area contributed by atoms with Crippen molar-refractivity contribution in [1.29, 1.82) is 0 Å². The Morgan fingerprint density at radius 2 is 1.32 bits per heavy atom. The third-order valence-electron chi connectivity index (χ3n) is 4.75. The molecule has 0 aliphatic heterocycles. The van der Waals surface area contributed by atoms with Crippen LogP contribution in [0.15, 0.2) is 84.9 Å². The summed E-state index contributed by atoms with van der Waals surface area (Å²) in [5.74, 6) is -1.30. The average Bonchev–Trinajstić information content (AvgIpc) is 2.71. The second-order valence-electron chi connectivity index (χ2n) is 6.91. The molecular formula is C24H24N2O2. The van der Waals surface area contributed by atoms with Crippen molar-refractivity contribution in [1.82, 2.24) is 5.32 Å². The molecule has 28 heavy (non-hydrogen) atoms. The maximum absolute atomic E-state index is 13.2. The molecule has 0 fully saturated rings. The van der Waals surface area contributed by atoms with Crippen molar-refractivity contribution in [2.75, 3.05) is 0 Å². The van der Waals surface area contributed by atoms with E-state index < -0.39 is 17.9 Å². The topological polar surface area (TPSA) is 72.2 Å². The molecule has 142 valence electrons. The van der Waals surface area contributed by atoms with Gasteiger partial charge >= 0.3 is 0 Å². The highest BCUT2D eigenvalue weighted by Crippen LogP contribution is 2.25. The number of hydrogen-bond donors (Lipinski definition) is 2. The van der Waals surface area contributed by atoms with Crippen molar-refractivity contribution in [2.45, 2.75) is 25.3 Å². The third kappa shape index (κ3) is 4.86. The summed E-state index contributed by atoms with van der Waals surface area (Å²) in [5.41, 5.74) is 9.40. The zero-order valence-corrected chi connectivity index (χ0v) is 15.8. The van der Waals surface area contributed by atoms with E-state index in [9.17, 15) is 9.59 Å². The van der Waals surface area contributed by atoms with Gasteiger partial charge in [0.25, 0.3) is 0 Å². The Hall–Kier alpha value is -3.40. The molecule has 3 rings (SSSR count). The van der Waals surface area contributed by atoms with Gasteiger partial charge in [-0.1, -0.05) is 90.5 Å². The van der Waals surface area contributed by atoms with Crippen LogP contribution < -0.4 is 11.1 Å². The van der Waals surface area contributed by atoms with Crippen molar-refractivity contribution < 1.29 is 9.59 Å². The molecule has 0 aliphatic rings. The van der Waals surface area contributed by atoms with Crippen LogP contribution >= 0.6 is 0 Å². The number of benzene rings is 3. The number of primary amides is 1. The van der Waals surface area contributed by atoms with Gasteiger partial charge in [0.2, 0.25) is 11.8 Å². The normalized spacial score (nSPS) is 11.8. The fourth-order valence-corrected chi connectivity index (χ4v) is 3.22. The van der Waals surface area contributed by atoms with E-state index in [4.69, 9.17) is 5.73 Å². The van der Waals surface area contributed by atoms with E-state index in [0.717, 1.165) is 22.3 Å². The molecule has 0 aromatic heterocycles. The number of nitrogens with two attached hydrogens (primary N) is 1. The summed E-state index contributed by atoms with van der Waals surface area (Å²) in [6, 6.07) is 26.1. The predicted octanol–water partition coefficient (Wildman–Crippen LogP) is 3.34. The minimum Gasteiger partial charge on any atom is -0.368 e. The minimum atomic E-state index is -0.773. The molecule has 0 saturated heterocycles. The van der Waals surface area contributed by atoms with Crippen LogP contribution in [0, 0.1) is 6.92 Å². The van der Waals surface area contributed by atoms with Crippen LogP contribution in [0.25, 0.3) is 0 Å². The van der Waals surface area contributed by atoms with Crippen molar-refractivity contribution in [3.05, 3.63) is 107 Å². The fraction of sp³-hybridized carbons (Fsp3) is 0.167. The van der Waals surface area contributed by atoms with E-state index in [1.165, 1.54) is 0 Å². The first-order chi connectivity index (χ1) is 13.5. The highest BCUT2D eigenvalue weighted by Gasteiger charge is 2.27. The van der Waals surface area contributed by atoms with E-state index in [-0.39, 0.29) is 5.91 Å². The summed E-state index contributed by atoms with van der Waals surface area (Å²) < 4.78 is 0. The van der Waals surface area contributed by atoms with E-state index in [1.807, 2.05) is 91.9 Å². The summed E-state index contributed by atoms with van der Waals surface area (Å²) in [5, 5.41) is 2.86. The van der Waals surface area contributed by atoms with Gasteiger partial charge in [-0.05, 0) is 23.6 Å². The molecule has 3 aromatic rings. The van der Waals surface area contributed by atoms with Crippen LogP contribution in [0.5, 0.6) is 0 Å². The van der Waals surface area contributed by atoms with Crippen LogP contribution in [-0.4, -0.2) is 17.9 Å². The van der Waals surface area contributed by atoms with Gasteiger partial charge < -0.3 is 11.1 Å². The molecular weight excluding hydrogens is 348 g/mol. The number of carbonyl (C=O) groups is 2. The van der Waals surface area contributed by atoms with Crippen LogP contribution in [0.3, 0.4) is 0 Å². The molecule has 0 radical (unpaired) electrons. The van der Waals surface area contributed by atoms with Crippen molar-refractivity contribution in [3.8, 4) is 0 Å². The number of nitrogens with one attached hydrogen (secondary N) is 1. The van der Waals surface area contributed by atoms with Crippen LogP contribution in [0.2, 0.25) is 0 Å². The standard InChI is InChI=1S/C24H24N2O2/c1-17-12-14-18(15-13-17)16-21(23(25)27)26-24(28)22(19-8-4-2-5-9-19)20-10-6-3-7-11-20/h2-15,21-22H,16H2,1H3,(H2,25,27)(H,26,28)/t21-/m1/s1. The summed E-state index contributed by atoms with van der Waals surface area (Å²) in [7, 11) is 0. The Kier molecular flexibility index (Phi) is 6.22. The second kappa shape index (κ2) is 9.00. The number of aryl methyl sites for hydroxylation is 1. The summed E-state index contributed by atoms with van der Waals surface area (Å²) in [6.45, 7) is 2.00. The van der Waals surface area contributed by atoms with Crippen molar-refractivity contribution in [2.24, 2.45) is 5.73 Å². The molecule has 2 amide bonds. The van der Waals surface area contributed by atoms with Gasteiger partial charge in [0.1, 0.15) is 6.04 Å². The van der Waals surface area contributed by atoms with Gasteiger partial charge in [-0.3, -0.25) is 9.59 Å². The predicted molar refractivity (Wildman–Crippen MR) is 111 cm³/mol. The first-order valence-corrected chi connectivity index (χ1v) is 9.29. The zero-order valence-electron chi connectivity index (χ0n) is 15.8. The molecule has 0 saturated carbocycles. The first-order valence-electron chi connectivity index (χ1n) is 9.29. The van der Waals surface area contributed by atoms with Gasteiger partial charge in [-0.2, -0.15) is 0 Å². The molecule has 0 heterocycles. The smallest absolute Gasteiger partial charge is 0.240 e. The van der Waals surface area contributed by atoms with Gasteiger partial charge in [-0.25, -0.2) is 0 Å². The Bertz CT molecular complexity index is 882. The van der Waals surface area contributed by atoms with Crippen LogP contribution in [0.4, 0.5) is 0 Å². The highest BCUT2D eigenvalue weighted by molar-refractivity contribution is 5.92. The molecule has 0 bridgehead atoms. The van der Waals surface area contributed by atoms with Gasteiger partial charge in [0.15, 0.2) is 0 Å².